The average Bonchev–Trinajstić information content (AvgIpc) is 3.01. The van der Waals surface area contributed by atoms with Gasteiger partial charge in [0, 0.05) is 24.2 Å². The maximum atomic E-state index is 12.6. The first-order chi connectivity index (χ1) is 11.4. The fourth-order valence-corrected chi connectivity index (χ4v) is 5.88. The summed E-state index contributed by atoms with van der Waals surface area (Å²) in [6, 6.07) is 4.94. The fraction of sp³-hybridized carbons (Fsp3) is 0.333. The summed E-state index contributed by atoms with van der Waals surface area (Å²) in [5.74, 6) is -0.423. The van der Waals surface area contributed by atoms with Crippen molar-refractivity contribution in [2.45, 2.75) is 11.7 Å². The van der Waals surface area contributed by atoms with Crippen molar-refractivity contribution in [3.05, 3.63) is 55.6 Å². The predicted octanol–water partition coefficient (Wildman–Crippen LogP) is 2.09. The lowest BCUT2D eigenvalue weighted by Gasteiger charge is -2.19. The highest BCUT2D eigenvalue weighted by Crippen LogP contribution is 2.32. The van der Waals surface area contributed by atoms with E-state index in [9.17, 15) is 18.0 Å². The van der Waals surface area contributed by atoms with Crippen LogP contribution in [-0.4, -0.2) is 43.1 Å². The number of sulfone groups is 1. The predicted molar refractivity (Wildman–Crippen MR) is 93.4 cm³/mol. The van der Waals surface area contributed by atoms with E-state index >= 15 is 0 Å². The molecular formula is C15H15ClN2O4S2. The summed E-state index contributed by atoms with van der Waals surface area (Å²) in [6.07, 6.45) is 1.65. The van der Waals surface area contributed by atoms with E-state index in [2.05, 4.69) is 4.98 Å². The van der Waals surface area contributed by atoms with Crippen molar-refractivity contribution in [3.63, 3.8) is 0 Å². The zero-order valence-electron chi connectivity index (χ0n) is 12.6. The smallest absolute Gasteiger partial charge is 0.266 e. The molecule has 1 amide bonds. The van der Waals surface area contributed by atoms with Crippen molar-refractivity contribution >= 4 is 38.7 Å². The highest BCUT2D eigenvalue weighted by Gasteiger charge is 2.33. The molecule has 2 aromatic rings. The zero-order chi connectivity index (χ0) is 17.3. The third-order valence-corrected chi connectivity index (χ3v) is 7.52. The average molecular weight is 387 g/mol. The number of pyridine rings is 1. The van der Waals surface area contributed by atoms with Crippen LogP contribution in [0.25, 0.3) is 0 Å². The molecule has 9 heteroatoms. The molecular weight excluding hydrogens is 372 g/mol. The van der Waals surface area contributed by atoms with Crippen LogP contribution in [0.2, 0.25) is 5.02 Å². The van der Waals surface area contributed by atoms with E-state index in [0.717, 1.165) is 4.88 Å². The Morgan fingerprint density at radius 3 is 2.83 bits per heavy atom. The van der Waals surface area contributed by atoms with Crippen molar-refractivity contribution in [2.24, 2.45) is 0 Å². The van der Waals surface area contributed by atoms with E-state index in [-0.39, 0.29) is 28.8 Å². The molecule has 3 rings (SSSR count). The minimum Gasteiger partial charge on any atom is -0.338 e. The molecule has 1 N–H and O–H groups in total. The lowest BCUT2D eigenvalue weighted by Crippen LogP contribution is -2.34. The van der Waals surface area contributed by atoms with Gasteiger partial charge in [-0.05, 0) is 23.9 Å². The van der Waals surface area contributed by atoms with Crippen LogP contribution in [0.1, 0.15) is 26.9 Å². The van der Waals surface area contributed by atoms with Gasteiger partial charge in [0.2, 0.25) is 0 Å². The SMILES string of the molecule is O=C(c1c[nH]c(=O)c(Cl)c1)N1CCC(c2cccs2)S(=O)(=O)CC1. The lowest BCUT2D eigenvalue weighted by molar-refractivity contribution is 0.0766. The zero-order valence-corrected chi connectivity index (χ0v) is 15.0. The van der Waals surface area contributed by atoms with E-state index in [0.29, 0.717) is 13.0 Å². The number of hydrogen-bond donors (Lipinski definition) is 1. The number of hydrogen-bond acceptors (Lipinski definition) is 5. The van der Waals surface area contributed by atoms with Crippen molar-refractivity contribution in [1.29, 1.82) is 0 Å². The van der Waals surface area contributed by atoms with E-state index in [1.54, 1.807) is 0 Å². The molecule has 1 aliphatic heterocycles. The van der Waals surface area contributed by atoms with Crippen LogP contribution >= 0.6 is 22.9 Å². The van der Waals surface area contributed by atoms with Gasteiger partial charge < -0.3 is 9.88 Å². The molecule has 1 unspecified atom stereocenters. The van der Waals surface area contributed by atoms with Gasteiger partial charge in [0.25, 0.3) is 11.5 Å². The summed E-state index contributed by atoms with van der Waals surface area (Å²) < 4.78 is 25.0. The van der Waals surface area contributed by atoms with Crippen LogP contribution in [0.5, 0.6) is 0 Å². The molecule has 1 aliphatic rings. The van der Waals surface area contributed by atoms with Gasteiger partial charge in [-0.3, -0.25) is 9.59 Å². The summed E-state index contributed by atoms with van der Waals surface area (Å²) in [5, 5.41) is 1.20. The number of H-pyrrole nitrogens is 1. The van der Waals surface area contributed by atoms with Crippen LogP contribution in [0.3, 0.4) is 0 Å². The van der Waals surface area contributed by atoms with Crippen molar-refractivity contribution in [3.8, 4) is 0 Å². The highest BCUT2D eigenvalue weighted by molar-refractivity contribution is 7.91. The van der Waals surface area contributed by atoms with Crippen LogP contribution in [0.4, 0.5) is 0 Å². The molecule has 0 aliphatic carbocycles. The standard InChI is InChI=1S/C15H15ClN2O4S2/c16-11-8-10(9-17-14(11)19)15(20)18-4-3-13(12-2-1-6-23-12)24(21,22)7-5-18/h1-2,6,8-9,13H,3-5,7H2,(H,17,19). The Balaban J connectivity index is 1.83. The number of nitrogens with one attached hydrogen (secondary N) is 1. The molecule has 0 radical (unpaired) electrons. The van der Waals surface area contributed by atoms with Gasteiger partial charge in [0.05, 0.1) is 16.6 Å². The third kappa shape index (κ3) is 3.40. The Kier molecular flexibility index (Phi) is 4.80. The summed E-state index contributed by atoms with van der Waals surface area (Å²) >= 11 is 7.17. The fourth-order valence-electron chi connectivity index (χ4n) is 2.70. The molecule has 0 spiro atoms. The van der Waals surface area contributed by atoms with Crippen LogP contribution in [0.15, 0.2) is 34.6 Å². The Morgan fingerprint density at radius 2 is 2.17 bits per heavy atom. The van der Waals surface area contributed by atoms with E-state index < -0.39 is 20.6 Å². The second-order valence-corrected chi connectivity index (χ2v) is 9.21. The number of amides is 1. The van der Waals surface area contributed by atoms with Gasteiger partial charge in [-0.1, -0.05) is 17.7 Å². The first-order valence-corrected chi connectivity index (χ1v) is 10.3. The first kappa shape index (κ1) is 17.2. The lowest BCUT2D eigenvalue weighted by atomic mass is 10.2. The number of carbonyl (C=O) groups excluding carboxylic acids is 1. The number of aromatic nitrogens is 1. The Bertz CT molecular complexity index is 906. The Hall–Kier alpha value is -1.64. The third-order valence-electron chi connectivity index (χ3n) is 3.99. The van der Waals surface area contributed by atoms with Crippen LogP contribution < -0.4 is 5.56 Å². The molecule has 6 nitrogen and oxygen atoms in total. The summed E-state index contributed by atoms with van der Waals surface area (Å²) in [6.45, 7) is 0.456. The van der Waals surface area contributed by atoms with Gasteiger partial charge >= 0.3 is 0 Å². The number of aromatic amines is 1. The first-order valence-electron chi connectivity index (χ1n) is 7.31. The molecule has 128 valence electrons. The monoisotopic (exact) mass is 386 g/mol. The maximum Gasteiger partial charge on any atom is 0.266 e. The number of halogens is 1. The molecule has 0 bridgehead atoms. The number of nitrogens with zero attached hydrogens (tertiary/aromatic N) is 1. The van der Waals surface area contributed by atoms with Crippen LogP contribution in [-0.2, 0) is 9.84 Å². The summed E-state index contributed by atoms with van der Waals surface area (Å²) in [5.41, 5.74) is -0.226. The van der Waals surface area contributed by atoms with Gasteiger partial charge in [0.15, 0.2) is 9.84 Å². The van der Waals surface area contributed by atoms with E-state index in [4.69, 9.17) is 11.6 Å². The molecule has 1 fully saturated rings. The molecule has 1 saturated heterocycles. The molecule has 2 aromatic heterocycles. The van der Waals surface area contributed by atoms with Gasteiger partial charge in [-0.15, -0.1) is 11.3 Å². The second kappa shape index (κ2) is 6.70. The number of thiophene rings is 1. The summed E-state index contributed by atoms with van der Waals surface area (Å²) in [4.78, 5) is 28.6. The molecule has 3 heterocycles. The van der Waals surface area contributed by atoms with Crippen molar-refractivity contribution < 1.29 is 13.2 Å². The normalized spacial score (nSPS) is 20.5. The van der Waals surface area contributed by atoms with Crippen molar-refractivity contribution in [2.75, 3.05) is 18.8 Å². The van der Waals surface area contributed by atoms with Crippen LogP contribution in [0, 0.1) is 0 Å². The van der Waals surface area contributed by atoms with E-state index in [1.165, 1.54) is 28.5 Å². The van der Waals surface area contributed by atoms with Gasteiger partial charge in [-0.2, -0.15) is 0 Å². The van der Waals surface area contributed by atoms with E-state index in [1.807, 2.05) is 17.5 Å². The topological polar surface area (TPSA) is 87.3 Å². The molecule has 24 heavy (non-hydrogen) atoms. The van der Waals surface area contributed by atoms with Gasteiger partial charge in [0.1, 0.15) is 5.02 Å². The second-order valence-electron chi connectivity index (χ2n) is 5.52. The summed E-state index contributed by atoms with van der Waals surface area (Å²) in [7, 11) is -3.31. The largest absolute Gasteiger partial charge is 0.338 e. The quantitative estimate of drug-likeness (QED) is 0.856. The number of rotatable bonds is 2. The molecule has 0 saturated carbocycles. The Morgan fingerprint density at radius 1 is 1.38 bits per heavy atom. The van der Waals surface area contributed by atoms with Crippen molar-refractivity contribution in [1.82, 2.24) is 9.88 Å². The van der Waals surface area contributed by atoms with Gasteiger partial charge in [-0.25, -0.2) is 8.42 Å². The minimum absolute atomic E-state index is 0.0697. The highest BCUT2D eigenvalue weighted by atomic mass is 35.5. The number of carbonyl (C=O) groups is 1. The molecule has 0 aromatic carbocycles. The molecule has 1 atom stereocenters. The minimum atomic E-state index is -3.31. The Labute approximate surface area is 148 Å². The maximum absolute atomic E-state index is 12.6.